The second-order valence-corrected chi connectivity index (χ2v) is 6.94. The molecule has 3 nitrogen and oxygen atoms in total. The number of methoxy groups -OCH3 is 1. The Morgan fingerprint density at radius 2 is 1.85 bits per heavy atom. The van der Waals surface area contributed by atoms with Gasteiger partial charge in [-0.1, -0.05) is 32.1 Å². The highest BCUT2D eigenvalue weighted by Gasteiger charge is 2.35. The first-order valence-electron chi connectivity index (χ1n) is 8.71. The Morgan fingerprint density at radius 3 is 2.40 bits per heavy atom. The van der Waals surface area contributed by atoms with Gasteiger partial charge in [-0.2, -0.15) is 0 Å². The first-order valence-corrected chi connectivity index (χ1v) is 8.71. The summed E-state index contributed by atoms with van der Waals surface area (Å²) < 4.78 is 5.32. The lowest BCUT2D eigenvalue weighted by atomic mass is 9.84. The van der Waals surface area contributed by atoms with E-state index in [-0.39, 0.29) is 0 Å². The molecule has 2 aliphatic rings. The van der Waals surface area contributed by atoms with E-state index in [0.29, 0.717) is 12.1 Å². The molecule has 2 fully saturated rings. The van der Waals surface area contributed by atoms with Crippen LogP contribution in [0.15, 0.2) is 0 Å². The largest absolute Gasteiger partial charge is 0.383 e. The van der Waals surface area contributed by atoms with E-state index in [9.17, 15) is 0 Å². The van der Waals surface area contributed by atoms with Crippen molar-refractivity contribution in [2.75, 3.05) is 26.8 Å². The second kappa shape index (κ2) is 8.35. The predicted octanol–water partition coefficient (Wildman–Crippen LogP) is 3.03. The van der Waals surface area contributed by atoms with E-state index in [1.807, 2.05) is 0 Å². The molecule has 2 aliphatic carbocycles. The monoisotopic (exact) mass is 282 g/mol. The maximum Gasteiger partial charge on any atom is 0.0589 e. The SMILES string of the molecule is COCCN(C(CN)CC1CCCCC1)C(C)C1CC1. The molecule has 0 aromatic carbocycles. The van der Waals surface area contributed by atoms with Crippen molar-refractivity contribution in [3.8, 4) is 0 Å². The molecule has 2 N–H and O–H groups in total. The number of nitrogens with zero attached hydrogens (tertiary/aromatic N) is 1. The molecular weight excluding hydrogens is 248 g/mol. The Bertz CT molecular complexity index is 262. The van der Waals surface area contributed by atoms with Crippen LogP contribution in [0.3, 0.4) is 0 Å². The van der Waals surface area contributed by atoms with E-state index in [1.165, 1.54) is 51.4 Å². The molecule has 0 aromatic rings. The normalized spacial score (nSPS) is 24.0. The summed E-state index contributed by atoms with van der Waals surface area (Å²) in [5.74, 6) is 1.82. The summed E-state index contributed by atoms with van der Waals surface area (Å²) in [5, 5.41) is 0. The van der Waals surface area contributed by atoms with E-state index in [4.69, 9.17) is 10.5 Å². The number of hydrogen-bond acceptors (Lipinski definition) is 3. The standard InChI is InChI=1S/C17H34N2O/c1-14(16-8-9-16)19(10-11-20-2)17(13-18)12-15-6-4-3-5-7-15/h14-17H,3-13,18H2,1-2H3. The maximum absolute atomic E-state index is 6.14. The molecule has 0 bridgehead atoms. The van der Waals surface area contributed by atoms with Crippen LogP contribution in [0.4, 0.5) is 0 Å². The van der Waals surface area contributed by atoms with Crippen molar-refractivity contribution in [3.63, 3.8) is 0 Å². The molecule has 0 heterocycles. The third-order valence-electron chi connectivity index (χ3n) is 5.45. The van der Waals surface area contributed by atoms with Crippen LogP contribution in [0.2, 0.25) is 0 Å². The van der Waals surface area contributed by atoms with Gasteiger partial charge in [-0.15, -0.1) is 0 Å². The van der Waals surface area contributed by atoms with Crippen molar-refractivity contribution in [2.24, 2.45) is 17.6 Å². The highest BCUT2D eigenvalue weighted by atomic mass is 16.5. The van der Waals surface area contributed by atoms with Gasteiger partial charge in [0.05, 0.1) is 6.61 Å². The Kier molecular flexibility index (Phi) is 6.79. The maximum atomic E-state index is 6.14. The minimum absolute atomic E-state index is 0.559. The third kappa shape index (κ3) is 4.71. The Balaban J connectivity index is 1.91. The van der Waals surface area contributed by atoms with Crippen LogP contribution >= 0.6 is 0 Å². The van der Waals surface area contributed by atoms with Gasteiger partial charge in [-0.05, 0) is 38.0 Å². The van der Waals surface area contributed by atoms with E-state index >= 15 is 0 Å². The van der Waals surface area contributed by atoms with Crippen molar-refractivity contribution >= 4 is 0 Å². The van der Waals surface area contributed by atoms with E-state index in [2.05, 4.69) is 11.8 Å². The van der Waals surface area contributed by atoms with Gasteiger partial charge in [0.2, 0.25) is 0 Å². The van der Waals surface area contributed by atoms with E-state index in [1.54, 1.807) is 7.11 Å². The highest BCUT2D eigenvalue weighted by Crippen LogP contribution is 2.37. The molecule has 2 unspecified atom stereocenters. The minimum atomic E-state index is 0.559. The minimum Gasteiger partial charge on any atom is -0.383 e. The molecule has 0 amide bonds. The van der Waals surface area contributed by atoms with Crippen LogP contribution in [-0.2, 0) is 4.74 Å². The van der Waals surface area contributed by atoms with E-state index in [0.717, 1.165) is 31.5 Å². The first-order chi connectivity index (χ1) is 9.76. The van der Waals surface area contributed by atoms with Gasteiger partial charge in [0.15, 0.2) is 0 Å². The van der Waals surface area contributed by atoms with E-state index < -0.39 is 0 Å². The van der Waals surface area contributed by atoms with Crippen molar-refractivity contribution in [1.82, 2.24) is 4.90 Å². The quantitative estimate of drug-likeness (QED) is 0.706. The third-order valence-corrected chi connectivity index (χ3v) is 5.45. The van der Waals surface area contributed by atoms with Crippen LogP contribution < -0.4 is 5.73 Å². The van der Waals surface area contributed by atoms with Gasteiger partial charge in [0.1, 0.15) is 0 Å². The molecule has 2 atom stereocenters. The van der Waals surface area contributed by atoms with Gasteiger partial charge in [0, 0.05) is 32.3 Å². The second-order valence-electron chi connectivity index (χ2n) is 6.94. The van der Waals surface area contributed by atoms with Crippen molar-refractivity contribution < 1.29 is 4.74 Å². The summed E-state index contributed by atoms with van der Waals surface area (Å²) in [6, 6.07) is 1.24. The number of nitrogens with two attached hydrogens (primary N) is 1. The summed E-state index contributed by atoms with van der Waals surface area (Å²) in [6.07, 6.45) is 11.3. The molecule has 0 aromatic heterocycles. The summed E-state index contributed by atoms with van der Waals surface area (Å²) in [7, 11) is 1.80. The van der Waals surface area contributed by atoms with Gasteiger partial charge in [-0.3, -0.25) is 4.90 Å². The van der Waals surface area contributed by atoms with Gasteiger partial charge in [-0.25, -0.2) is 0 Å². The molecular formula is C17H34N2O. The molecule has 2 saturated carbocycles. The first kappa shape index (κ1) is 16.3. The Labute approximate surface area is 125 Å². The summed E-state index contributed by atoms with van der Waals surface area (Å²) in [6.45, 7) is 5.08. The van der Waals surface area contributed by atoms with Crippen LogP contribution in [0.25, 0.3) is 0 Å². The zero-order chi connectivity index (χ0) is 14.4. The van der Waals surface area contributed by atoms with Crippen molar-refractivity contribution in [2.45, 2.75) is 70.4 Å². The van der Waals surface area contributed by atoms with Crippen LogP contribution in [0.1, 0.15) is 58.3 Å². The predicted molar refractivity (Wildman–Crippen MR) is 84.8 cm³/mol. The lowest BCUT2D eigenvalue weighted by molar-refractivity contribution is 0.0698. The lowest BCUT2D eigenvalue weighted by Gasteiger charge is -2.38. The molecule has 0 saturated heterocycles. The smallest absolute Gasteiger partial charge is 0.0589 e. The van der Waals surface area contributed by atoms with Crippen molar-refractivity contribution in [3.05, 3.63) is 0 Å². The Hall–Kier alpha value is -0.120. The molecule has 3 heteroatoms. The average Bonchev–Trinajstić information content (AvgIpc) is 3.31. The highest BCUT2D eigenvalue weighted by molar-refractivity contribution is 4.89. The van der Waals surface area contributed by atoms with Crippen LogP contribution in [0, 0.1) is 11.8 Å². The van der Waals surface area contributed by atoms with Gasteiger partial charge in [0.25, 0.3) is 0 Å². The van der Waals surface area contributed by atoms with Gasteiger partial charge >= 0.3 is 0 Å². The van der Waals surface area contributed by atoms with Crippen molar-refractivity contribution in [1.29, 1.82) is 0 Å². The topological polar surface area (TPSA) is 38.5 Å². The molecule has 20 heavy (non-hydrogen) atoms. The molecule has 0 aliphatic heterocycles. The molecule has 0 spiro atoms. The molecule has 0 radical (unpaired) electrons. The fourth-order valence-electron chi connectivity index (χ4n) is 3.94. The van der Waals surface area contributed by atoms with Gasteiger partial charge < -0.3 is 10.5 Å². The number of hydrogen-bond donors (Lipinski definition) is 1. The number of ether oxygens (including phenoxy) is 1. The summed E-state index contributed by atoms with van der Waals surface area (Å²) >= 11 is 0. The van der Waals surface area contributed by atoms with Crippen LogP contribution in [0.5, 0.6) is 0 Å². The summed E-state index contributed by atoms with van der Waals surface area (Å²) in [5.41, 5.74) is 6.14. The zero-order valence-corrected chi connectivity index (χ0v) is 13.5. The fraction of sp³-hybridized carbons (Fsp3) is 1.00. The Morgan fingerprint density at radius 1 is 1.15 bits per heavy atom. The van der Waals surface area contributed by atoms with Crippen LogP contribution in [-0.4, -0.2) is 43.8 Å². The zero-order valence-electron chi connectivity index (χ0n) is 13.5. The molecule has 2 rings (SSSR count). The molecule has 118 valence electrons. The number of rotatable bonds is 9. The summed E-state index contributed by atoms with van der Waals surface area (Å²) in [4.78, 5) is 2.66. The fourth-order valence-corrected chi connectivity index (χ4v) is 3.94. The average molecular weight is 282 g/mol. The lowest BCUT2D eigenvalue weighted by Crippen LogP contribution is -2.49.